The van der Waals surface area contributed by atoms with Gasteiger partial charge in [0.2, 0.25) is 11.7 Å². The average Bonchev–Trinajstić information content (AvgIpc) is 2.59. The highest BCUT2D eigenvalue weighted by atomic mass is 16.2. The van der Waals surface area contributed by atoms with Gasteiger partial charge in [0.15, 0.2) is 5.92 Å². The second-order valence-corrected chi connectivity index (χ2v) is 2.07. The van der Waals surface area contributed by atoms with Crippen LogP contribution in [0.2, 0.25) is 0 Å². The molecule has 1 amide bonds. The Morgan fingerprint density at radius 1 is 1.80 bits per heavy atom. The standard InChI is InChI=1S/C6H6N2O2/c1-7-4-3(5(4)9)6(10)8-2/h3-4H,2H3,(H,8,10). The van der Waals surface area contributed by atoms with Crippen LogP contribution in [0, 0.1) is 12.5 Å². The molecule has 2 atom stereocenters. The van der Waals surface area contributed by atoms with Gasteiger partial charge in [0.05, 0.1) is 0 Å². The summed E-state index contributed by atoms with van der Waals surface area (Å²) < 4.78 is 0. The summed E-state index contributed by atoms with van der Waals surface area (Å²) in [4.78, 5) is 24.2. The zero-order chi connectivity index (χ0) is 7.72. The van der Waals surface area contributed by atoms with Crippen LogP contribution in [0.3, 0.4) is 0 Å². The number of nitrogens with zero attached hydrogens (tertiary/aromatic N) is 1. The van der Waals surface area contributed by atoms with Gasteiger partial charge in [-0.15, -0.1) is 0 Å². The second kappa shape index (κ2) is 2.10. The highest BCUT2D eigenvalue weighted by Gasteiger charge is 2.61. The van der Waals surface area contributed by atoms with Gasteiger partial charge in [-0.3, -0.25) is 9.59 Å². The summed E-state index contributed by atoms with van der Waals surface area (Å²) in [5.74, 6) is -1.28. The Hall–Kier alpha value is -1.37. The molecule has 0 bridgehead atoms. The van der Waals surface area contributed by atoms with Crippen molar-refractivity contribution in [1.82, 2.24) is 5.32 Å². The summed E-state index contributed by atoms with van der Waals surface area (Å²) in [5, 5.41) is 2.32. The normalized spacial score (nSPS) is 29.0. The number of ketones is 1. The van der Waals surface area contributed by atoms with Crippen molar-refractivity contribution >= 4 is 11.7 Å². The van der Waals surface area contributed by atoms with Crippen molar-refractivity contribution in [3.8, 4) is 0 Å². The average molecular weight is 138 g/mol. The fraction of sp³-hybridized carbons (Fsp3) is 0.500. The van der Waals surface area contributed by atoms with Crippen LogP contribution in [0.5, 0.6) is 0 Å². The first-order valence-electron chi connectivity index (χ1n) is 2.84. The molecular formula is C6H6N2O2. The Morgan fingerprint density at radius 2 is 2.40 bits per heavy atom. The molecule has 4 heteroatoms. The zero-order valence-corrected chi connectivity index (χ0v) is 5.42. The van der Waals surface area contributed by atoms with Crippen LogP contribution in [0.1, 0.15) is 0 Å². The lowest BCUT2D eigenvalue weighted by molar-refractivity contribution is -0.124. The van der Waals surface area contributed by atoms with E-state index in [0.29, 0.717) is 0 Å². The maximum Gasteiger partial charge on any atom is 0.300 e. The minimum Gasteiger partial charge on any atom is -0.358 e. The van der Waals surface area contributed by atoms with E-state index >= 15 is 0 Å². The van der Waals surface area contributed by atoms with Crippen molar-refractivity contribution in [2.75, 3.05) is 7.05 Å². The second-order valence-electron chi connectivity index (χ2n) is 2.07. The third-order valence-electron chi connectivity index (χ3n) is 1.47. The predicted octanol–water partition coefficient (Wildman–Crippen LogP) is -0.781. The van der Waals surface area contributed by atoms with Gasteiger partial charge in [-0.2, -0.15) is 0 Å². The van der Waals surface area contributed by atoms with Crippen molar-refractivity contribution in [3.63, 3.8) is 0 Å². The van der Waals surface area contributed by atoms with E-state index < -0.39 is 12.0 Å². The molecule has 1 N–H and O–H groups in total. The third kappa shape index (κ3) is 0.760. The maximum absolute atomic E-state index is 10.7. The first kappa shape index (κ1) is 6.75. The molecule has 1 fully saturated rings. The van der Waals surface area contributed by atoms with Crippen LogP contribution in [-0.4, -0.2) is 24.8 Å². The van der Waals surface area contributed by atoms with Crippen molar-refractivity contribution < 1.29 is 9.59 Å². The lowest BCUT2D eigenvalue weighted by Gasteiger charge is -1.87. The first-order valence-corrected chi connectivity index (χ1v) is 2.84. The van der Waals surface area contributed by atoms with E-state index in [1.54, 1.807) is 0 Å². The maximum atomic E-state index is 10.7. The minimum absolute atomic E-state index is 0.255. The highest BCUT2D eigenvalue weighted by Crippen LogP contribution is 2.28. The number of hydrogen-bond donors (Lipinski definition) is 1. The minimum atomic E-state index is -0.694. The summed E-state index contributed by atoms with van der Waals surface area (Å²) in [6.07, 6.45) is 0. The van der Waals surface area contributed by atoms with E-state index in [-0.39, 0.29) is 11.7 Å². The lowest BCUT2D eigenvalue weighted by atomic mass is 10.4. The van der Waals surface area contributed by atoms with Crippen LogP contribution in [0.25, 0.3) is 4.85 Å². The number of Topliss-reactive ketones (excluding diaryl/α,β-unsaturated/α-hetero) is 1. The fourth-order valence-corrected chi connectivity index (χ4v) is 0.793. The van der Waals surface area contributed by atoms with Gasteiger partial charge in [0, 0.05) is 7.05 Å². The van der Waals surface area contributed by atoms with Gasteiger partial charge in [-0.25, -0.2) is 6.57 Å². The van der Waals surface area contributed by atoms with Crippen LogP contribution >= 0.6 is 0 Å². The van der Waals surface area contributed by atoms with Gasteiger partial charge in [-0.1, -0.05) is 0 Å². The van der Waals surface area contributed by atoms with Crippen LogP contribution in [-0.2, 0) is 9.59 Å². The monoisotopic (exact) mass is 138 g/mol. The van der Waals surface area contributed by atoms with Gasteiger partial charge in [0.1, 0.15) is 0 Å². The number of rotatable bonds is 1. The van der Waals surface area contributed by atoms with Gasteiger partial charge in [-0.05, 0) is 0 Å². The smallest absolute Gasteiger partial charge is 0.300 e. The molecule has 0 aromatic carbocycles. The van der Waals surface area contributed by atoms with Crippen LogP contribution in [0.4, 0.5) is 0 Å². The van der Waals surface area contributed by atoms with E-state index in [2.05, 4.69) is 10.2 Å². The Balaban J connectivity index is 2.58. The van der Waals surface area contributed by atoms with Crippen LogP contribution < -0.4 is 5.32 Å². The molecule has 0 radical (unpaired) electrons. The molecule has 1 rings (SSSR count). The number of carbonyl (C=O) groups excluding carboxylic acids is 2. The Kier molecular flexibility index (Phi) is 1.42. The molecule has 1 saturated carbocycles. The van der Waals surface area contributed by atoms with Crippen molar-refractivity contribution in [2.45, 2.75) is 6.04 Å². The van der Waals surface area contributed by atoms with E-state index in [1.807, 2.05) is 0 Å². The van der Waals surface area contributed by atoms with E-state index in [1.165, 1.54) is 7.05 Å². The summed E-state index contributed by atoms with van der Waals surface area (Å²) in [5.41, 5.74) is 0. The SMILES string of the molecule is [C-]#[N+]C1C(=O)C1C(=O)NC. The van der Waals surface area contributed by atoms with Crippen molar-refractivity contribution in [2.24, 2.45) is 5.92 Å². The molecule has 52 valence electrons. The van der Waals surface area contributed by atoms with Gasteiger partial charge < -0.3 is 10.2 Å². The third-order valence-corrected chi connectivity index (χ3v) is 1.47. The predicted molar refractivity (Wildman–Crippen MR) is 33.0 cm³/mol. The van der Waals surface area contributed by atoms with Crippen molar-refractivity contribution in [3.05, 3.63) is 11.4 Å². The lowest BCUT2D eigenvalue weighted by Crippen LogP contribution is -2.21. The summed E-state index contributed by atoms with van der Waals surface area (Å²) in [6, 6.07) is -0.694. The van der Waals surface area contributed by atoms with Gasteiger partial charge in [0.25, 0.3) is 0 Å². The Labute approximate surface area is 58.0 Å². The molecule has 0 aromatic rings. The molecule has 10 heavy (non-hydrogen) atoms. The van der Waals surface area contributed by atoms with Crippen molar-refractivity contribution in [1.29, 1.82) is 0 Å². The molecule has 0 spiro atoms. The summed E-state index contributed by atoms with van der Waals surface area (Å²) >= 11 is 0. The molecule has 0 heterocycles. The zero-order valence-electron chi connectivity index (χ0n) is 5.42. The molecule has 0 aromatic heterocycles. The number of hydrogen-bond acceptors (Lipinski definition) is 2. The largest absolute Gasteiger partial charge is 0.358 e. The summed E-state index contributed by atoms with van der Waals surface area (Å²) in [7, 11) is 1.45. The van der Waals surface area contributed by atoms with E-state index in [9.17, 15) is 9.59 Å². The number of amides is 1. The fourth-order valence-electron chi connectivity index (χ4n) is 0.793. The highest BCUT2D eigenvalue weighted by molar-refractivity contribution is 6.19. The molecule has 2 unspecified atom stereocenters. The summed E-state index contributed by atoms with van der Waals surface area (Å²) in [6.45, 7) is 6.47. The molecule has 1 aliphatic carbocycles. The molecule has 0 aliphatic heterocycles. The first-order chi connectivity index (χ1) is 4.72. The molecular weight excluding hydrogens is 132 g/mol. The van der Waals surface area contributed by atoms with E-state index in [0.717, 1.165) is 0 Å². The topological polar surface area (TPSA) is 50.5 Å². The van der Waals surface area contributed by atoms with E-state index in [4.69, 9.17) is 6.57 Å². The quantitative estimate of drug-likeness (QED) is 0.381. The number of carbonyl (C=O) groups is 2. The Bertz CT molecular complexity index is 228. The molecule has 1 aliphatic rings. The van der Waals surface area contributed by atoms with Crippen LogP contribution in [0.15, 0.2) is 0 Å². The molecule has 0 saturated heterocycles. The van der Waals surface area contributed by atoms with Gasteiger partial charge >= 0.3 is 6.04 Å². The molecule has 4 nitrogen and oxygen atoms in total. The Morgan fingerprint density at radius 3 is 2.70 bits per heavy atom. The number of nitrogens with one attached hydrogen (secondary N) is 1.